The molecule has 108 valence electrons. The summed E-state index contributed by atoms with van der Waals surface area (Å²) in [7, 11) is 2.09. The van der Waals surface area contributed by atoms with Crippen LogP contribution in [0, 0.1) is 5.92 Å². The minimum absolute atomic E-state index is 0.554. The van der Waals surface area contributed by atoms with Crippen LogP contribution >= 0.6 is 0 Å². The molecule has 4 nitrogen and oxygen atoms in total. The van der Waals surface area contributed by atoms with Gasteiger partial charge in [0.05, 0.1) is 0 Å². The zero-order valence-corrected chi connectivity index (χ0v) is 12.4. The van der Waals surface area contributed by atoms with Crippen LogP contribution in [-0.2, 0) is 13.0 Å². The number of aryl methyl sites for hydroxylation is 1. The standard InChI is InChI=1S/C15H28N4/c1-3-10-19-15(17-12-18-19)11-14(16-2)13-8-6-4-5-7-9-13/h12-14,16H,3-11H2,1-2H3. The van der Waals surface area contributed by atoms with E-state index in [0.29, 0.717) is 6.04 Å². The molecular weight excluding hydrogens is 236 g/mol. The summed E-state index contributed by atoms with van der Waals surface area (Å²) >= 11 is 0. The highest BCUT2D eigenvalue weighted by Crippen LogP contribution is 2.26. The minimum atomic E-state index is 0.554. The zero-order valence-electron chi connectivity index (χ0n) is 12.4. The first-order valence-electron chi connectivity index (χ1n) is 7.89. The Bertz CT molecular complexity index is 353. The van der Waals surface area contributed by atoms with E-state index in [-0.39, 0.29) is 0 Å². The summed E-state index contributed by atoms with van der Waals surface area (Å²) in [6, 6.07) is 0.554. The SMILES string of the molecule is CCCn1ncnc1CC(NC)C1CCCCCC1. The maximum Gasteiger partial charge on any atom is 0.138 e. The maximum absolute atomic E-state index is 4.45. The molecular formula is C15H28N4. The number of rotatable bonds is 6. The molecule has 1 fully saturated rings. The molecule has 0 aromatic carbocycles. The van der Waals surface area contributed by atoms with Gasteiger partial charge in [-0.05, 0) is 32.2 Å². The highest BCUT2D eigenvalue weighted by molar-refractivity contribution is 4.92. The quantitative estimate of drug-likeness (QED) is 0.803. The second-order valence-electron chi connectivity index (χ2n) is 5.75. The molecule has 0 radical (unpaired) electrons. The molecule has 1 aliphatic carbocycles. The molecule has 0 amide bonds. The smallest absolute Gasteiger partial charge is 0.138 e. The fraction of sp³-hybridized carbons (Fsp3) is 0.867. The number of nitrogens with zero attached hydrogens (tertiary/aromatic N) is 3. The molecule has 0 aliphatic heterocycles. The summed E-state index contributed by atoms with van der Waals surface area (Å²) in [5.74, 6) is 1.95. The number of aromatic nitrogens is 3. The van der Waals surface area contributed by atoms with E-state index in [0.717, 1.165) is 31.1 Å². The molecule has 19 heavy (non-hydrogen) atoms. The first kappa shape index (κ1) is 14.5. The topological polar surface area (TPSA) is 42.7 Å². The van der Waals surface area contributed by atoms with E-state index in [4.69, 9.17) is 0 Å². The Kier molecular flexibility index (Phi) is 5.83. The van der Waals surface area contributed by atoms with Gasteiger partial charge in [0.1, 0.15) is 12.2 Å². The van der Waals surface area contributed by atoms with Gasteiger partial charge in [0.25, 0.3) is 0 Å². The Labute approximate surface area is 117 Å². The Morgan fingerprint density at radius 2 is 2.05 bits per heavy atom. The highest BCUT2D eigenvalue weighted by Gasteiger charge is 2.23. The molecule has 1 N–H and O–H groups in total. The Balaban J connectivity index is 1.98. The van der Waals surface area contributed by atoms with Crippen molar-refractivity contribution in [1.29, 1.82) is 0 Å². The lowest BCUT2D eigenvalue weighted by atomic mass is 9.89. The number of hydrogen-bond acceptors (Lipinski definition) is 3. The van der Waals surface area contributed by atoms with Crippen LogP contribution in [-0.4, -0.2) is 27.9 Å². The van der Waals surface area contributed by atoms with Crippen LogP contribution in [0.15, 0.2) is 6.33 Å². The van der Waals surface area contributed by atoms with Crippen molar-refractivity contribution in [1.82, 2.24) is 20.1 Å². The maximum atomic E-state index is 4.45. The van der Waals surface area contributed by atoms with E-state index in [1.165, 1.54) is 38.5 Å². The van der Waals surface area contributed by atoms with Crippen LogP contribution in [0.2, 0.25) is 0 Å². The summed E-state index contributed by atoms with van der Waals surface area (Å²) in [5, 5.41) is 7.86. The van der Waals surface area contributed by atoms with E-state index in [9.17, 15) is 0 Å². The van der Waals surface area contributed by atoms with Gasteiger partial charge in [-0.2, -0.15) is 5.10 Å². The second kappa shape index (κ2) is 7.63. The largest absolute Gasteiger partial charge is 0.316 e. The third kappa shape index (κ3) is 4.03. The first-order valence-corrected chi connectivity index (χ1v) is 7.89. The van der Waals surface area contributed by atoms with Gasteiger partial charge < -0.3 is 5.32 Å². The van der Waals surface area contributed by atoms with Gasteiger partial charge in [0, 0.05) is 19.0 Å². The number of nitrogens with one attached hydrogen (secondary N) is 1. The minimum Gasteiger partial charge on any atom is -0.316 e. The summed E-state index contributed by atoms with van der Waals surface area (Å²) < 4.78 is 2.07. The third-order valence-corrected chi connectivity index (χ3v) is 4.37. The van der Waals surface area contributed by atoms with E-state index in [1.54, 1.807) is 6.33 Å². The predicted octanol–water partition coefficient (Wildman–Crippen LogP) is 2.79. The normalized spacial score (nSPS) is 19.3. The van der Waals surface area contributed by atoms with Crippen LogP contribution in [0.4, 0.5) is 0 Å². The molecule has 1 unspecified atom stereocenters. The molecule has 1 aromatic heterocycles. The lowest BCUT2D eigenvalue weighted by Gasteiger charge is -2.25. The summed E-state index contributed by atoms with van der Waals surface area (Å²) in [4.78, 5) is 4.45. The first-order chi connectivity index (χ1) is 9.35. The molecule has 0 saturated heterocycles. The third-order valence-electron chi connectivity index (χ3n) is 4.37. The van der Waals surface area contributed by atoms with Crippen molar-refractivity contribution in [2.75, 3.05) is 7.05 Å². The van der Waals surface area contributed by atoms with E-state index < -0.39 is 0 Å². The van der Waals surface area contributed by atoms with Gasteiger partial charge in [-0.1, -0.05) is 32.6 Å². The molecule has 1 atom stereocenters. The van der Waals surface area contributed by atoms with Crippen LogP contribution in [0.1, 0.15) is 57.7 Å². The molecule has 1 saturated carbocycles. The summed E-state index contributed by atoms with van der Waals surface area (Å²) in [5.41, 5.74) is 0. The molecule has 1 aromatic rings. The van der Waals surface area contributed by atoms with Gasteiger partial charge in [-0.25, -0.2) is 4.98 Å². The van der Waals surface area contributed by atoms with Gasteiger partial charge in [-0.15, -0.1) is 0 Å². The lowest BCUT2D eigenvalue weighted by molar-refractivity contribution is 0.324. The predicted molar refractivity (Wildman–Crippen MR) is 78.1 cm³/mol. The van der Waals surface area contributed by atoms with Crippen molar-refractivity contribution >= 4 is 0 Å². The van der Waals surface area contributed by atoms with Crippen molar-refractivity contribution in [3.8, 4) is 0 Å². The Morgan fingerprint density at radius 3 is 2.68 bits per heavy atom. The highest BCUT2D eigenvalue weighted by atomic mass is 15.3. The van der Waals surface area contributed by atoms with Crippen LogP contribution in [0.25, 0.3) is 0 Å². The molecule has 1 heterocycles. The van der Waals surface area contributed by atoms with Gasteiger partial charge in [-0.3, -0.25) is 4.68 Å². The van der Waals surface area contributed by atoms with E-state index in [1.807, 2.05) is 0 Å². The van der Waals surface area contributed by atoms with Crippen molar-refractivity contribution in [3.05, 3.63) is 12.2 Å². The molecule has 2 rings (SSSR count). The molecule has 0 spiro atoms. The van der Waals surface area contributed by atoms with Crippen molar-refractivity contribution in [2.45, 2.75) is 70.9 Å². The fourth-order valence-corrected chi connectivity index (χ4v) is 3.26. The zero-order chi connectivity index (χ0) is 13.5. The number of likely N-dealkylation sites (N-methyl/N-ethyl adjacent to an activating group) is 1. The van der Waals surface area contributed by atoms with Crippen molar-refractivity contribution in [3.63, 3.8) is 0 Å². The Hall–Kier alpha value is -0.900. The average Bonchev–Trinajstić information content (AvgIpc) is 2.69. The van der Waals surface area contributed by atoms with Crippen molar-refractivity contribution < 1.29 is 0 Å². The van der Waals surface area contributed by atoms with Crippen LogP contribution in [0.5, 0.6) is 0 Å². The fourth-order valence-electron chi connectivity index (χ4n) is 3.26. The Morgan fingerprint density at radius 1 is 1.32 bits per heavy atom. The summed E-state index contributed by atoms with van der Waals surface area (Å²) in [6.07, 6.45) is 12.2. The molecule has 0 bridgehead atoms. The average molecular weight is 264 g/mol. The number of hydrogen-bond donors (Lipinski definition) is 1. The van der Waals surface area contributed by atoms with Gasteiger partial charge in [0.2, 0.25) is 0 Å². The molecule has 4 heteroatoms. The monoisotopic (exact) mass is 264 g/mol. The van der Waals surface area contributed by atoms with E-state index in [2.05, 4.69) is 34.1 Å². The van der Waals surface area contributed by atoms with Crippen LogP contribution in [0.3, 0.4) is 0 Å². The van der Waals surface area contributed by atoms with E-state index >= 15 is 0 Å². The lowest BCUT2D eigenvalue weighted by Crippen LogP contribution is -2.36. The second-order valence-corrected chi connectivity index (χ2v) is 5.75. The summed E-state index contributed by atoms with van der Waals surface area (Å²) in [6.45, 7) is 3.17. The molecule has 1 aliphatic rings. The van der Waals surface area contributed by atoms with Crippen LogP contribution < -0.4 is 5.32 Å². The van der Waals surface area contributed by atoms with Gasteiger partial charge in [0.15, 0.2) is 0 Å². The van der Waals surface area contributed by atoms with Crippen molar-refractivity contribution in [2.24, 2.45) is 5.92 Å². The van der Waals surface area contributed by atoms with Gasteiger partial charge >= 0.3 is 0 Å².